The van der Waals surface area contributed by atoms with Crippen molar-refractivity contribution >= 4 is 35.4 Å². The number of methoxy groups -OCH3 is 1. The van der Waals surface area contributed by atoms with Gasteiger partial charge >= 0.3 is 17.9 Å². The smallest absolute Gasteiger partial charge is 0.343 e. The first-order valence-electron chi connectivity index (χ1n) is 15.4. The van der Waals surface area contributed by atoms with Gasteiger partial charge in [0.05, 0.1) is 25.7 Å². The number of nitrogens with one attached hydrogen (secondary N) is 2. The van der Waals surface area contributed by atoms with Crippen molar-refractivity contribution in [1.82, 2.24) is 5.32 Å². The van der Waals surface area contributed by atoms with Crippen LogP contribution in [0.25, 0.3) is 0 Å². The van der Waals surface area contributed by atoms with Crippen LogP contribution in [0.1, 0.15) is 78.1 Å². The van der Waals surface area contributed by atoms with Gasteiger partial charge in [-0.3, -0.25) is 14.4 Å². The van der Waals surface area contributed by atoms with Crippen LogP contribution >= 0.6 is 0 Å². The quantitative estimate of drug-likeness (QED) is 0.0738. The van der Waals surface area contributed by atoms with Crippen LogP contribution in [0, 0.1) is 0 Å². The number of esters is 1. The minimum absolute atomic E-state index is 0.0938. The number of carboxylic acid groups (broad SMARTS) is 2. The zero-order chi connectivity index (χ0) is 34.2. The largest absolute Gasteiger partial charge is 0.494 e. The number of carbonyl (C=O) groups is 5. The van der Waals surface area contributed by atoms with Gasteiger partial charge in [0.1, 0.15) is 11.8 Å². The lowest BCUT2D eigenvalue weighted by Crippen LogP contribution is -2.42. The number of carbonyl (C=O) groups excluding carboxylic acids is 3. The molecule has 2 amide bonds. The van der Waals surface area contributed by atoms with Crippen LogP contribution in [-0.4, -0.2) is 59.7 Å². The fourth-order valence-corrected chi connectivity index (χ4v) is 4.49. The molecule has 0 saturated carbocycles. The number of ether oxygens (including phenoxy) is 3. The standard InChI is InChI=1S/C35H40N2O10/c1-3-4-5-6-7-20-46-27-15-11-25(12-16-27)35(44)47-29-17-8-23(22-30(29)45-2)21-28(34(42)43)37-33(41)24-9-13-26(14-10-24)36-31(38)18-19-32(39)40/h8-17,22,28H,3-7,18-21H2,1-2H3,(H,36,38)(H,37,41)(H,39,40)(H,42,43). The number of amides is 2. The Balaban J connectivity index is 1.57. The Morgan fingerprint density at radius 2 is 1.47 bits per heavy atom. The van der Waals surface area contributed by atoms with E-state index in [0.29, 0.717) is 29.2 Å². The van der Waals surface area contributed by atoms with E-state index in [2.05, 4.69) is 17.6 Å². The highest BCUT2D eigenvalue weighted by atomic mass is 16.6. The summed E-state index contributed by atoms with van der Waals surface area (Å²) in [6, 6.07) is 15.7. The number of rotatable bonds is 19. The van der Waals surface area contributed by atoms with E-state index in [4.69, 9.17) is 19.3 Å². The van der Waals surface area contributed by atoms with E-state index < -0.39 is 35.8 Å². The van der Waals surface area contributed by atoms with Crippen molar-refractivity contribution in [3.05, 3.63) is 83.4 Å². The molecule has 12 heteroatoms. The summed E-state index contributed by atoms with van der Waals surface area (Å²) in [6.45, 7) is 2.78. The SMILES string of the molecule is CCCCCCCOc1ccc(C(=O)Oc2ccc(CC(NC(=O)c3ccc(NC(=O)CCC(=O)O)cc3)C(=O)O)cc2OC)cc1. The van der Waals surface area contributed by atoms with Gasteiger partial charge in [0.25, 0.3) is 5.91 Å². The second-order valence-corrected chi connectivity index (χ2v) is 10.7. The molecule has 0 aliphatic heterocycles. The van der Waals surface area contributed by atoms with E-state index in [9.17, 15) is 29.1 Å². The normalized spacial score (nSPS) is 11.2. The third kappa shape index (κ3) is 12.1. The van der Waals surface area contributed by atoms with Gasteiger partial charge in [-0.05, 0) is 72.6 Å². The van der Waals surface area contributed by atoms with Crippen molar-refractivity contribution in [2.24, 2.45) is 0 Å². The summed E-state index contributed by atoms with van der Waals surface area (Å²) in [5.41, 5.74) is 1.33. The number of carboxylic acids is 2. The predicted octanol–water partition coefficient (Wildman–Crippen LogP) is 5.49. The molecule has 12 nitrogen and oxygen atoms in total. The van der Waals surface area contributed by atoms with Gasteiger partial charge in [-0.25, -0.2) is 9.59 Å². The average Bonchev–Trinajstić information content (AvgIpc) is 3.06. The first kappa shape index (κ1) is 36.1. The molecule has 0 aromatic heterocycles. The molecule has 4 N–H and O–H groups in total. The minimum Gasteiger partial charge on any atom is -0.494 e. The van der Waals surface area contributed by atoms with E-state index in [1.807, 2.05) is 0 Å². The third-order valence-electron chi connectivity index (χ3n) is 7.08. The Kier molecular flexibility index (Phi) is 14.2. The zero-order valence-electron chi connectivity index (χ0n) is 26.5. The van der Waals surface area contributed by atoms with E-state index in [1.165, 1.54) is 62.8 Å². The molecule has 0 saturated heterocycles. The lowest BCUT2D eigenvalue weighted by atomic mass is 10.0. The number of aliphatic carboxylic acids is 2. The first-order valence-corrected chi connectivity index (χ1v) is 15.4. The molecule has 0 fully saturated rings. The summed E-state index contributed by atoms with van der Waals surface area (Å²) in [4.78, 5) is 60.1. The number of unbranched alkanes of at least 4 members (excludes halogenated alkanes) is 4. The molecular formula is C35H40N2O10. The highest BCUT2D eigenvalue weighted by Crippen LogP contribution is 2.30. The molecule has 1 atom stereocenters. The van der Waals surface area contributed by atoms with E-state index in [0.717, 1.165) is 12.8 Å². The predicted molar refractivity (Wildman–Crippen MR) is 173 cm³/mol. The van der Waals surface area contributed by atoms with E-state index in [1.54, 1.807) is 30.3 Å². The van der Waals surface area contributed by atoms with E-state index >= 15 is 0 Å². The van der Waals surface area contributed by atoms with Gasteiger partial charge < -0.3 is 35.1 Å². The second kappa shape index (κ2) is 18.5. The Morgan fingerprint density at radius 1 is 0.787 bits per heavy atom. The molecule has 0 spiro atoms. The van der Waals surface area contributed by atoms with Crippen molar-refractivity contribution in [1.29, 1.82) is 0 Å². The van der Waals surface area contributed by atoms with Crippen molar-refractivity contribution in [2.45, 2.75) is 64.3 Å². The topological polar surface area (TPSA) is 178 Å². The molecule has 3 aromatic rings. The Hall–Kier alpha value is -5.39. The van der Waals surface area contributed by atoms with Gasteiger partial charge in [0.15, 0.2) is 11.5 Å². The van der Waals surface area contributed by atoms with Crippen LogP contribution in [0.15, 0.2) is 66.7 Å². The van der Waals surface area contributed by atoms with Crippen LogP contribution in [-0.2, 0) is 20.8 Å². The van der Waals surface area contributed by atoms with Gasteiger partial charge in [0, 0.05) is 24.1 Å². The highest BCUT2D eigenvalue weighted by Gasteiger charge is 2.23. The van der Waals surface area contributed by atoms with E-state index in [-0.39, 0.29) is 36.3 Å². The Labute approximate surface area is 273 Å². The maximum Gasteiger partial charge on any atom is 0.343 e. The lowest BCUT2D eigenvalue weighted by Gasteiger charge is -2.16. The van der Waals surface area contributed by atoms with Crippen molar-refractivity contribution in [2.75, 3.05) is 19.0 Å². The Bertz CT molecular complexity index is 1520. The molecule has 0 aliphatic rings. The molecule has 0 radical (unpaired) electrons. The van der Waals surface area contributed by atoms with Crippen molar-refractivity contribution in [3.63, 3.8) is 0 Å². The monoisotopic (exact) mass is 648 g/mol. The van der Waals surface area contributed by atoms with Crippen LogP contribution < -0.4 is 24.8 Å². The number of anilines is 1. The number of hydrogen-bond acceptors (Lipinski definition) is 8. The number of benzene rings is 3. The maximum absolute atomic E-state index is 12.8. The first-order chi connectivity index (χ1) is 22.6. The zero-order valence-corrected chi connectivity index (χ0v) is 26.5. The minimum atomic E-state index is -1.30. The van der Waals surface area contributed by atoms with Gasteiger partial charge in [0.2, 0.25) is 5.91 Å². The summed E-state index contributed by atoms with van der Waals surface area (Å²) in [7, 11) is 1.39. The van der Waals surface area contributed by atoms with Gasteiger partial charge in [-0.1, -0.05) is 38.7 Å². The molecule has 3 aromatic carbocycles. The second-order valence-electron chi connectivity index (χ2n) is 10.7. The van der Waals surface area contributed by atoms with Gasteiger partial charge in [-0.15, -0.1) is 0 Å². The molecule has 0 aliphatic carbocycles. The fourth-order valence-electron chi connectivity index (χ4n) is 4.49. The van der Waals surface area contributed by atoms with Crippen LogP contribution in [0.4, 0.5) is 5.69 Å². The van der Waals surface area contributed by atoms with Gasteiger partial charge in [-0.2, -0.15) is 0 Å². The average molecular weight is 649 g/mol. The lowest BCUT2D eigenvalue weighted by molar-refractivity contribution is -0.139. The van der Waals surface area contributed by atoms with Crippen LogP contribution in [0.3, 0.4) is 0 Å². The fraction of sp³-hybridized carbons (Fsp3) is 0.343. The van der Waals surface area contributed by atoms with Crippen LogP contribution in [0.2, 0.25) is 0 Å². The summed E-state index contributed by atoms with van der Waals surface area (Å²) in [5, 5.41) is 23.5. The van der Waals surface area contributed by atoms with Crippen LogP contribution in [0.5, 0.6) is 17.2 Å². The molecule has 3 rings (SSSR count). The number of hydrogen-bond donors (Lipinski definition) is 4. The maximum atomic E-state index is 12.8. The third-order valence-corrected chi connectivity index (χ3v) is 7.08. The molecule has 47 heavy (non-hydrogen) atoms. The molecular weight excluding hydrogens is 608 g/mol. The summed E-state index contributed by atoms with van der Waals surface area (Å²) in [6.07, 6.45) is 5.06. The summed E-state index contributed by atoms with van der Waals surface area (Å²) >= 11 is 0. The summed E-state index contributed by atoms with van der Waals surface area (Å²) in [5.74, 6) is -3.10. The Morgan fingerprint density at radius 3 is 2.11 bits per heavy atom. The molecule has 1 unspecified atom stereocenters. The summed E-state index contributed by atoms with van der Waals surface area (Å²) < 4.78 is 16.7. The molecule has 0 bridgehead atoms. The van der Waals surface area contributed by atoms with Crippen molar-refractivity contribution < 1.29 is 48.4 Å². The highest BCUT2D eigenvalue weighted by molar-refractivity contribution is 5.98. The van der Waals surface area contributed by atoms with Crippen molar-refractivity contribution in [3.8, 4) is 17.2 Å². The molecule has 0 heterocycles. The molecule has 250 valence electrons.